The number of carbonyl (C=O) groups excluding carboxylic acids is 1. The minimum Gasteiger partial charge on any atom is -0.484 e. The Morgan fingerprint density at radius 2 is 2.15 bits per heavy atom. The van der Waals surface area contributed by atoms with E-state index in [9.17, 15) is 4.79 Å². The molecule has 20 heavy (non-hydrogen) atoms. The van der Waals surface area contributed by atoms with Gasteiger partial charge in [0.15, 0.2) is 6.61 Å². The van der Waals surface area contributed by atoms with Gasteiger partial charge in [-0.15, -0.1) is 0 Å². The first-order valence-corrected chi connectivity index (χ1v) is 7.05. The van der Waals surface area contributed by atoms with E-state index < -0.39 is 0 Å². The van der Waals surface area contributed by atoms with Crippen molar-refractivity contribution in [2.45, 2.75) is 12.8 Å². The molecule has 0 bridgehead atoms. The summed E-state index contributed by atoms with van der Waals surface area (Å²) in [6.45, 7) is 2.89. The summed E-state index contributed by atoms with van der Waals surface area (Å²) in [5.41, 5.74) is 1.41. The third-order valence-corrected chi connectivity index (χ3v) is 3.30. The number of amides is 1. The molecule has 1 aromatic rings. The highest BCUT2D eigenvalue weighted by Crippen LogP contribution is 2.10. The van der Waals surface area contributed by atoms with E-state index in [0.29, 0.717) is 6.54 Å². The average molecular weight is 274 g/mol. The summed E-state index contributed by atoms with van der Waals surface area (Å²) in [6, 6.07) is 9.38. The van der Waals surface area contributed by atoms with Crippen molar-refractivity contribution in [1.29, 1.82) is 0 Å². The second-order valence-electron chi connectivity index (χ2n) is 5.09. The Morgan fingerprint density at radius 1 is 1.35 bits per heavy atom. The third-order valence-electron chi connectivity index (χ3n) is 3.30. The molecule has 0 saturated heterocycles. The molecule has 0 atom stereocenters. The number of carbonyl (C=O) groups is 1. The van der Waals surface area contributed by atoms with E-state index in [1.54, 1.807) is 0 Å². The first kappa shape index (κ1) is 14.6. The number of hydrogen-bond donors (Lipinski definition) is 1. The highest BCUT2D eigenvalue weighted by Gasteiger charge is 2.08. The minimum atomic E-state index is -0.0707. The van der Waals surface area contributed by atoms with Gasteiger partial charge < -0.3 is 15.0 Å². The number of nitrogens with zero attached hydrogens (tertiary/aromatic N) is 1. The fourth-order valence-corrected chi connectivity index (χ4v) is 2.24. The molecule has 0 radical (unpaired) electrons. The van der Waals surface area contributed by atoms with Crippen molar-refractivity contribution in [3.8, 4) is 5.75 Å². The molecule has 0 aromatic heterocycles. The number of benzene rings is 1. The Labute approximate surface area is 120 Å². The van der Waals surface area contributed by atoms with Crippen molar-refractivity contribution in [2.24, 2.45) is 0 Å². The maximum atomic E-state index is 11.7. The molecule has 1 aliphatic heterocycles. The predicted molar refractivity (Wildman–Crippen MR) is 79.8 cm³/mol. The molecule has 0 fully saturated rings. The summed E-state index contributed by atoms with van der Waals surface area (Å²) < 4.78 is 5.39. The zero-order valence-corrected chi connectivity index (χ0v) is 12.0. The molecule has 1 heterocycles. The molecule has 0 saturated carbocycles. The Bertz CT molecular complexity index is 457. The summed E-state index contributed by atoms with van der Waals surface area (Å²) in [7, 11) is 2.12. The van der Waals surface area contributed by atoms with Crippen LogP contribution in [0.15, 0.2) is 42.0 Å². The average Bonchev–Trinajstić information content (AvgIpc) is 2.46. The molecule has 0 aliphatic carbocycles. The Hall–Kier alpha value is -1.81. The molecule has 1 aromatic carbocycles. The van der Waals surface area contributed by atoms with Crippen molar-refractivity contribution < 1.29 is 9.53 Å². The lowest BCUT2D eigenvalue weighted by Crippen LogP contribution is -2.31. The lowest BCUT2D eigenvalue weighted by atomic mass is 10.1. The maximum absolute atomic E-state index is 11.7. The lowest BCUT2D eigenvalue weighted by Gasteiger charge is -2.22. The van der Waals surface area contributed by atoms with Crippen LogP contribution < -0.4 is 10.1 Å². The third kappa shape index (κ3) is 5.05. The zero-order chi connectivity index (χ0) is 14.2. The van der Waals surface area contributed by atoms with Gasteiger partial charge >= 0.3 is 0 Å². The fraction of sp³-hybridized carbons (Fsp3) is 0.438. The van der Waals surface area contributed by atoms with E-state index in [1.807, 2.05) is 30.3 Å². The number of para-hydroxylation sites is 1. The number of ether oxygens (including phenoxy) is 1. The largest absolute Gasteiger partial charge is 0.484 e. The standard InChI is InChI=1S/C16H22N2O2/c1-18-11-5-6-14(12-18)9-10-17-16(19)13-20-15-7-3-2-4-8-15/h2-4,6-8H,5,9-13H2,1H3,(H,17,19). The smallest absolute Gasteiger partial charge is 0.257 e. The summed E-state index contributed by atoms with van der Waals surface area (Å²) in [5, 5.41) is 2.89. The molecule has 108 valence electrons. The van der Waals surface area contributed by atoms with Crippen molar-refractivity contribution in [2.75, 3.05) is 33.3 Å². The first-order chi connectivity index (χ1) is 9.74. The van der Waals surface area contributed by atoms with Gasteiger partial charge in [-0.25, -0.2) is 0 Å². The fourth-order valence-electron chi connectivity index (χ4n) is 2.24. The van der Waals surface area contributed by atoms with Crippen LogP contribution in [0.4, 0.5) is 0 Å². The van der Waals surface area contributed by atoms with Gasteiger partial charge in [-0.2, -0.15) is 0 Å². The molecule has 1 aliphatic rings. The van der Waals surface area contributed by atoms with Crippen LogP contribution in [-0.4, -0.2) is 44.1 Å². The van der Waals surface area contributed by atoms with E-state index >= 15 is 0 Å². The topological polar surface area (TPSA) is 41.6 Å². The molecular weight excluding hydrogens is 252 g/mol. The quantitative estimate of drug-likeness (QED) is 0.805. The van der Waals surface area contributed by atoms with Gasteiger partial charge in [-0.05, 0) is 32.0 Å². The highest BCUT2D eigenvalue weighted by molar-refractivity contribution is 5.77. The van der Waals surface area contributed by atoms with Gasteiger partial charge in [-0.3, -0.25) is 4.79 Å². The van der Waals surface area contributed by atoms with E-state index in [-0.39, 0.29) is 12.5 Å². The van der Waals surface area contributed by atoms with E-state index in [2.05, 4.69) is 23.3 Å². The SMILES string of the molecule is CN1CCC=C(CCNC(=O)COc2ccccc2)C1. The van der Waals surface area contributed by atoms with Crippen molar-refractivity contribution in [1.82, 2.24) is 10.2 Å². The first-order valence-electron chi connectivity index (χ1n) is 7.05. The molecule has 0 unspecified atom stereocenters. The molecule has 4 nitrogen and oxygen atoms in total. The van der Waals surface area contributed by atoms with Crippen LogP contribution in [0.2, 0.25) is 0 Å². The number of rotatable bonds is 6. The van der Waals surface area contributed by atoms with Crippen LogP contribution in [0.1, 0.15) is 12.8 Å². The molecule has 2 rings (SSSR count). The van der Waals surface area contributed by atoms with E-state index in [4.69, 9.17) is 4.74 Å². The summed E-state index contributed by atoms with van der Waals surface area (Å²) >= 11 is 0. The molecule has 4 heteroatoms. The van der Waals surface area contributed by atoms with Gasteiger partial charge in [0.1, 0.15) is 5.75 Å². The van der Waals surface area contributed by atoms with Gasteiger partial charge in [-0.1, -0.05) is 29.8 Å². The molecule has 1 N–H and O–H groups in total. The van der Waals surface area contributed by atoms with E-state index in [0.717, 1.165) is 31.7 Å². The zero-order valence-electron chi connectivity index (χ0n) is 12.0. The van der Waals surface area contributed by atoms with Crippen LogP contribution in [-0.2, 0) is 4.79 Å². The normalized spacial score (nSPS) is 15.6. The van der Waals surface area contributed by atoms with E-state index in [1.165, 1.54) is 5.57 Å². The number of hydrogen-bond acceptors (Lipinski definition) is 3. The molecule has 1 amide bonds. The van der Waals surface area contributed by atoms with Crippen molar-refractivity contribution in [3.05, 3.63) is 42.0 Å². The monoisotopic (exact) mass is 274 g/mol. The summed E-state index contributed by atoms with van der Waals surface area (Å²) in [4.78, 5) is 14.0. The number of nitrogens with one attached hydrogen (secondary N) is 1. The Balaban J connectivity index is 1.62. The van der Waals surface area contributed by atoms with Crippen LogP contribution in [0, 0.1) is 0 Å². The van der Waals surface area contributed by atoms with Gasteiger partial charge in [0.2, 0.25) is 0 Å². The molecular formula is C16H22N2O2. The Morgan fingerprint density at radius 3 is 2.90 bits per heavy atom. The maximum Gasteiger partial charge on any atom is 0.257 e. The van der Waals surface area contributed by atoms with Gasteiger partial charge in [0.05, 0.1) is 0 Å². The van der Waals surface area contributed by atoms with Crippen LogP contribution >= 0.6 is 0 Å². The second-order valence-corrected chi connectivity index (χ2v) is 5.09. The number of likely N-dealkylation sites (N-methyl/N-ethyl adjacent to an activating group) is 1. The predicted octanol–water partition coefficient (Wildman–Crippen LogP) is 1.83. The summed E-state index contributed by atoms with van der Waals surface area (Å²) in [6.07, 6.45) is 4.31. The minimum absolute atomic E-state index is 0.0707. The van der Waals surface area contributed by atoms with Crippen LogP contribution in [0.25, 0.3) is 0 Å². The van der Waals surface area contributed by atoms with Crippen LogP contribution in [0.5, 0.6) is 5.75 Å². The van der Waals surface area contributed by atoms with Gasteiger partial charge in [0.25, 0.3) is 5.91 Å². The van der Waals surface area contributed by atoms with Crippen LogP contribution in [0.3, 0.4) is 0 Å². The lowest BCUT2D eigenvalue weighted by molar-refractivity contribution is -0.123. The Kier molecular flexibility index (Phi) is 5.62. The van der Waals surface area contributed by atoms with Crippen molar-refractivity contribution >= 4 is 5.91 Å². The second kappa shape index (κ2) is 7.70. The van der Waals surface area contributed by atoms with Crippen molar-refractivity contribution in [3.63, 3.8) is 0 Å². The molecule has 0 spiro atoms. The summed E-state index contributed by atoms with van der Waals surface area (Å²) in [5.74, 6) is 0.651. The van der Waals surface area contributed by atoms with Gasteiger partial charge in [0, 0.05) is 19.6 Å². The highest BCUT2D eigenvalue weighted by atomic mass is 16.5.